The van der Waals surface area contributed by atoms with Gasteiger partial charge in [-0.2, -0.15) is 0 Å². The molecule has 2 nitrogen and oxygen atoms in total. The first-order chi connectivity index (χ1) is 10.3. The standard InChI is InChI=1S/C19H31NO/c1-3-13-20-18(12-14-21-4-2)15-17-10-7-9-16-8-5-6-11-19(16)17/h5-6,8,11,17-18,20H,3-4,7,9-10,12-15H2,1-2H3. The SMILES string of the molecule is CCCNC(CCOCC)CC1CCCc2ccccc21. The largest absolute Gasteiger partial charge is 0.382 e. The van der Waals surface area contributed by atoms with E-state index in [2.05, 4.69) is 43.4 Å². The Hall–Kier alpha value is -0.860. The number of rotatable bonds is 9. The average molecular weight is 289 g/mol. The van der Waals surface area contributed by atoms with E-state index < -0.39 is 0 Å². The summed E-state index contributed by atoms with van der Waals surface area (Å²) < 4.78 is 5.56. The zero-order chi connectivity index (χ0) is 14.9. The van der Waals surface area contributed by atoms with Crippen molar-refractivity contribution in [3.8, 4) is 0 Å². The van der Waals surface area contributed by atoms with Crippen molar-refractivity contribution in [3.63, 3.8) is 0 Å². The van der Waals surface area contributed by atoms with Crippen molar-refractivity contribution in [3.05, 3.63) is 35.4 Å². The van der Waals surface area contributed by atoms with Gasteiger partial charge in [0.1, 0.15) is 0 Å². The lowest BCUT2D eigenvalue weighted by Gasteiger charge is -2.29. The van der Waals surface area contributed by atoms with Crippen LogP contribution in [0.5, 0.6) is 0 Å². The number of benzene rings is 1. The predicted octanol–water partition coefficient (Wildman–Crippen LogP) is 4.29. The minimum absolute atomic E-state index is 0.590. The normalized spacial score (nSPS) is 19.2. The first-order valence-corrected chi connectivity index (χ1v) is 8.74. The zero-order valence-electron chi connectivity index (χ0n) is 13.7. The summed E-state index contributed by atoms with van der Waals surface area (Å²) in [5.74, 6) is 0.728. The van der Waals surface area contributed by atoms with Crippen molar-refractivity contribution in [2.24, 2.45) is 0 Å². The number of aryl methyl sites for hydroxylation is 1. The number of nitrogens with one attached hydrogen (secondary N) is 1. The van der Waals surface area contributed by atoms with E-state index in [0.29, 0.717) is 6.04 Å². The Balaban J connectivity index is 1.95. The Morgan fingerprint density at radius 3 is 2.95 bits per heavy atom. The van der Waals surface area contributed by atoms with Crippen LogP contribution in [0.2, 0.25) is 0 Å². The van der Waals surface area contributed by atoms with Crippen LogP contribution in [0.4, 0.5) is 0 Å². The summed E-state index contributed by atoms with van der Waals surface area (Å²) in [7, 11) is 0. The molecule has 0 heterocycles. The molecule has 1 aromatic rings. The van der Waals surface area contributed by atoms with Crippen LogP contribution in [0.25, 0.3) is 0 Å². The van der Waals surface area contributed by atoms with E-state index in [-0.39, 0.29) is 0 Å². The summed E-state index contributed by atoms with van der Waals surface area (Å²) in [6.45, 7) is 7.14. The Bertz CT molecular complexity index is 404. The lowest BCUT2D eigenvalue weighted by atomic mass is 9.79. The van der Waals surface area contributed by atoms with E-state index in [1.54, 1.807) is 11.1 Å². The second-order valence-corrected chi connectivity index (χ2v) is 6.16. The Morgan fingerprint density at radius 2 is 2.14 bits per heavy atom. The van der Waals surface area contributed by atoms with Crippen molar-refractivity contribution in [1.29, 1.82) is 0 Å². The molecule has 21 heavy (non-hydrogen) atoms. The third-order valence-corrected chi connectivity index (χ3v) is 4.56. The highest BCUT2D eigenvalue weighted by Crippen LogP contribution is 2.35. The monoisotopic (exact) mass is 289 g/mol. The molecule has 0 spiro atoms. The summed E-state index contributed by atoms with van der Waals surface area (Å²) in [5, 5.41) is 3.73. The highest BCUT2D eigenvalue weighted by molar-refractivity contribution is 5.32. The van der Waals surface area contributed by atoms with Gasteiger partial charge in [0.15, 0.2) is 0 Å². The van der Waals surface area contributed by atoms with E-state index in [1.807, 2.05) is 0 Å². The highest BCUT2D eigenvalue weighted by atomic mass is 16.5. The summed E-state index contributed by atoms with van der Waals surface area (Å²) in [6, 6.07) is 9.64. The maximum Gasteiger partial charge on any atom is 0.0480 e. The van der Waals surface area contributed by atoms with Gasteiger partial charge in [-0.3, -0.25) is 0 Å². The molecule has 1 aromatic carbocycles. The Morgan fingerprint density at radius 1 is 1.29 bits per heavy atom. The van der Waals surface area contributed by atoms with Crippen molar-refractivity contribution in [1.82, 2.24) is 5.32 Å². The maximum atomic E-state index is 5.56. The Labute approximate surface area is 130 Å². The smallest absolute Gasteiger partial charge is 0.0480 e. The van der Waals surface area contributed by atoms with Gasteiger partial charge in [0.2, 0.25) is 0 Å². The van der Waals surface area contributed by atoms with Crippen molar-refractivity contribution in [2.45, 2.75) is 64.3 Å². The van der Waals surface area contributed by atoms with Crippen molar-refractivity contribution >= 4 is 0 Å². The van der Waals surface area contributed by atoms with Crippen LogP contribution in [0.15, 0.2) is 24.3 Å². The Kier molecular flexibility index (Phi) is 7.25. The maximum absolute atomic E-state index is 5.56. The molecule has 0 radical (unpaired) electrons. The lowest BCUT2D eigenvalue weighted by molar-refractivity contribution is 0.134. The molecular formula is C19H31NO. The molecule has 2 unspecified atom stereocenters. The summed E-state index contributed by atoms with van der Waals surface area (Å²) in [5.41, 5.74) is 3.18. The van der Waals surface area contributed by atoms with Crippen molar-refractivity contribution < 1.29 is 4.74 Å². The van der Waals surface area contributed by atoms with Gasteiger partial charge in [0.25, 0.3) is 0 Å². The molecule has 0 saturated heterocycles. The molecule has 0 aromatic heterocycles. The second kappa shape index (κ2) is 9.22. The van der Waals surface area contributed by atoms with Crippen LogP contribution < -0.4 is 5.32 Å². The minimum atomic E-state index is 0.590. The molecule has 0 saturated carbocycles. The van der Waals surface area contributed by atoms with E-state index in [9.17, 15) is 0 Å². The number of fused-ring (bicyclic) bond motifs is 1. The number of hydrogen-bond acceptors (Lipinski definition) is 2. The third kappa shape index (κ3) is 5.12. The van der Waals surface area contributed by atoms with Gasteiger partial charge in [0.05, 0.1) is 0 Å². The molecule has 2 rings (SSSR count). The van der Waals surface area contributed by atoms with E-state index in [1.165, 1.54) is 32.1 Å². The molecule has 0 fully saturated rings. The van der Waals surface area contributed by atoms with Gasteiger partial charge >= 0.3 is 0 Å². The molecule has 0 amide bonds. The van der Waals surface area contributed by atoms with Gasteiger partial charge in [-0.05, 0) is 69.0 Å². The lowest BCUT2D eigenvalue weighted by Crippen LogP contribution is -2.33. The van der Waals surface area contributed by atoms with Crippen LogP contribution in [-0.2, 0) is 11.2 Å². The van der Waals surface area contributed by atoms with Crippen LogP contribution in [0.3, 0.4) is 0 Å². The third-order valence-electron chi connectivity index (χ3n) is 4.56. The molecule has 1 N–H and O–H groups in total. The fraction of sp³-hybridized carbons (Fsp3) is 0.684. The van der Waals surface area contributed by atoms with E-state index in [0.717, 1.165) is 32.1 Å². The molecule has 0 aliphatic heterocycles. The van der Waals surface area contributed by atoms with Crippen molar-refractivity contribution in [2.75, 3.05) is 19.8 Å². The van der Waals surface area contributed by atoms with E-state index in [4.69, 9.17) is 4.74 Å². The molecule has 118 valence electrons. The van der Waals surface area contributed by atoms with Crippen LogP contribution in [-0.4, -0.2) is 25.8 Å². The number of hydrogen-bond donors (Lipinski definition) is 1. The number of ether oxygens (including phenoxy) is 1. The first kappa shape index (κ1) is 16.5. The summed E-state index contributed by atoms with van der Waals surface area (Å²) >= 11 is 0. The fourth-order valence-corrected chi connectivity index (χ4v) is 3.46. The summed E-state index contributed by atoms with van der Waals surface area (Å²) in [6.07, 6.45) is 7.53. The van der Waals surface area contributed by atoms with Gasteiger partial charge in [-0.1, -0.05) is 31.2 Å². The predicted molar refractivity (Wildman–Crippen MR) is 89.9 cm³/mol. The highest BCUT2D eigenvalue weighted by Gasteiger charge is 2.22. The van der Waals surface area contributed by atoms with Gasteiger partial charge in [0, 0.05) is 19.3 Å². The molecule has 1 aliphatic carbocycles. The summed E-state index contributed by atoms with van der Waals surface area (Å²) in [4.78, 5) is 0. The topological polar surface area (TPSA) is 21.3 Å². The molecular weight excluding hydrogens is 258 g/mol. The van der Waals surface area contributed by atoms with Gasteiger partial charge in [-0.25, -0.2) is 0 Å². The minimum Gasteiger partial charge on any atom is -0.382 e. The van der Waals surface area contributed by atoms with Gasteiger partial charge < -0.3 is 10.1 Å². The van der Waals surface area contributed by atoms with Crippen LogP contribution >= 0.6 is 0 Å². The van der Waals surface area contributed by atoms with Crippen LogP contribution in [0.1, 0.15) is 63.0 Å². The van der Waals surface area contributed by atoms with E-state index >= 15 is 0 Å². The second-order valence-electron chi connectivity index (χ2n) is 6.16. The molecule has 1 aliphatic rings. The zero-order valence-corrected chi connectivity index (χ0v) is 13.7. The molecule has 2 atom stereocenters. The molecule has 0 bridgehead atoms. The van der Waals surface area contributed by atoms with Gasteiger partial charge in [-0.15, -0.1) is 0 Å². The first-order valence-electron chi connectivity index (χ1n) is 8.74. The fourth-order valence-electron chi connectivity index (χ4n) is 3.46. The molecule has 2 heteroatoms. The quantitative estimate of drug-likeness (QED) is 0.685. The average Bonchev–Trinajstić information content (AvgIpc) is 2.53. The van der Waals surface area contributed by atoms with Crippen LogP contribution in [0, 0.1) is 0 Å².